The lowest BCUT2D eigenvalue weighted by Gasteiger charge is -2.13. The highest BCUT2D eigenvalue weighted by Gasteiger charge is 2.09. The fraction of sp³-hybridized carbons (Fsp3) is 0.400. The predicted octanol–water partition coefficient (Wildman–Crippen LogP) is 3.15. The molecule has 0 amide bonds. The Kier molecular flexibility index (Phi) is 5.44. The Morgan fingerprint density at radius 3 is 2.95 bits per heavy atom. The molecule has 108 valence electrons. The van der Waals surface area contributed by atoms with Gasteiger partial charge in [-0.1, -0.05) is 30.7 Å². The molecule has 1 heterocycles. The summed E-state index contributed by atoms with van der Waals surface area (Å²) in [6, 6.07) is 5.82. The van der Waals surface area contributed by atoms with Crippen LogP contribution >= 0.6 is 11.6 Å². The number of para-hydroxylation sites is 1. The van der Waals surface area contributed by atoms with E-state index in [9.17, 15) is 0 Å². The molecular weight excluding hydrogens is 274 g/mol. The largest absolute Gasteiger partial charge is 0.484 e. The van der Waals surface area contributed by atoms with Gasteiger partial charge in [-0.2, -0.15) is 0 Å². The molecule has 0 fully saturated rings. The number of benzene rings is 1. The summed E-state index contributed by atoms with van der Waals surface area (Å²) in [6.45, 7) is 4.28. The number of nitrogens with zero attached hydrogens (tertiary/aromatic N) is 2. The molecule has 5 heteroatoms. The van der Waals surface area contributed by atoms with Crippen LogP contribution in [0.5, 0.6) is 5.75 Å². The van der Waals surface area contributed by atoms with Crippen LogP contribution in [0.15, 0.2) is 30.6 Å². The maximum Gasteiger partial charge on any atom is 0.146 e. The number of imidazole rings is 1. The van der Waals surface area contributed by atoms with Gasteiger partial charge in [0.05, 0.1) is 5.02 Å². The average Bonchev–Trinajstić information content (AvgIpc) is 2.84. The molecule has 2 rings (SSSR count). The van der Waals surface area contributed by atoms with Gasteiger partial charge >= 0.3 is 0 Å². The Bertz CT molecular complexity index is 554. The van der Waals surface area contributed by atoms with E-state index < -0.39 is 0 Å². The highest BCUT2D eigenvalue weighted by atomic mass is 35.5. The monoisotopic (exact) mass is 293 g/mol. The number of ether oxygens (including phenoxy) is 1. The standard InChI is InChI=1S/C15H20ClN3O/c1-3-7-17-10-12-5-4-6-13(16)15(12)20-11-14-18-8-9-19(14)2/h4-6,8-9,17H,3,7,10-11H2,1-2H3. The van der Waals surface area contributed by atoms with Crippen molar-refractivity contribution in [3.05, 3.63) is 47.0 Å². The smallest absolute Gasteiger partial charge is 0.146 e. The van der Waals surface area contributed by atoms with Crippen molar-refractivity contribution in [2.75, 3.05) is 6.54 Å². The van der Waals surface area contributed by atoms with Crippen LogP contribution in [0.2, 0.25) is 5.02 Å². The van der Waals surface area contributed by atoms with E-state index >= 15 is 0 Å². The van der Waals surface area contributed by atoms with Gasteiger partial charge in [0.1, 0.15) is 18.2 Å². The Morgan fingerprint density at radius 1 is 1.40 bits per heavy atom. The third-order valence-corrected chi connectivity index (χ3v) is 3.35. The first-order chi connectivity index (χ1) is 9.72. The minimum absolute atomic E-state index is 0.411. The summed E-state index contributed by atoms with van der Waals surface area (Å²) in [4.78, 5) is 4.24. The quantitative estimate of drug-likeness (QED) is 0.797. The van der Waals surface area contributed by atoms with Gasteiger partial charge in [0.25, 0.3) is 0 Å². The number of hydrogen-bond donors (Lipinski definition) is 1. The number of rotatable bonds is 7. The van der Waals surface area contributed by atoms with Crippen molar-refractivity contribution in [1.82, 2.24) is 14.9 Å². The molecule has 20 heavy (non-hydrogen) atoms. The maximum atomic E-state index is 6.24. The fourth-order valence-electron chi connectivity index (χ4n) is 1.93. The van der Waals surface area contributed by atoms with E-state index in [1.54, 1.807) is 6.20 Å². The summed E-state index contributed by atoms with van der Waals surface area (Å²) in [5.74, 6) is 1.61. The summed E-state index contributed by atoms with van der Waals surface area (Å²) in [6.07, 6.45) is 4.76. The molecule has 0 unspecified atom stereocenters. The van der Waals surface area contributed by atoms with Crippen LogP contribution in [0.3, 0.4) is 0 Å². The second-order valence-electron chi connectivity index (χ2n) is 4.65. The van der Waals surface area contributed by atoms with Crippen LogP contribution in [-0.2, 0) is 20.2 Å². The van der Waals surface area contributed by atoms with E-state index in [1.165, 1.54) is 0 Å². The summed E-state index contributed by atoms with van der Waals surface area (Å²) < 4.78 is 7.80. The SMILES string of the molecule is CCCNCc1cccc(Cl)c1OCc1nccn1C. The number of hydrogen-bond acceptors (Lipinski definition) is 3. The van der Waals surface area contributed by atoms with Crippen molar-refractivity contribution in [2.24, 2.45) is 7.05 Å². The van der Waals surface area contributed by atoms with Crippen molar-refractivity contribution in [3.63, 3.8) is 0 Å². The summed E-state index contributed by atoms with van der Waals surface area (Å²) >= 11 is 6.24. The molecule has 1 aromatic heterocycles. The molecule has 4 nitrogen and oxygen atoms in total. The van der Waals surface area contributed by atoms with Gasteiger partial charge in [0.2, 0.25) is 0 Å². The summed E-state index contributed by atoms with van der Waals surface area (Å²) in [5.41, 5.74) is 1.07. The Labute approximate surface area is 124 Å². The minimum Gasteiger partial charge on any atom is -0.484 e. The molecule has 0 aliphatic carbocycles. The molecule has 0 aliphatic rings. The zero-order valence-corrected chi connectivity index (χ0v) is 12.7. The second-order valence-corrected chi connectivity index (χ2v) is 5.06. The van der Waals surface area contributed by atoms with Crippen LogP contribution in [0.4, 0.5) is 0 Å². The number of halogens is 1. The highest BCUT2D eigenvalue weighted by molar-refractivity contribution is 6.32. The molecular formula is C15H20ClN3O. The maximum absolute atomic E-state index is 6.24. The van der Waals surface area contributed by atoms with Gasteiger partial charge in [0.15, 0.2) is 0 Å². The van der Waals surface area contributed by atoms with E-state index in [2.05, 4.69) is 17.2 Å². The Hall–Kier alpha value is -1.52. The van der Waals surface area contributed by atoms with E-state index in [0.717, 1.165) is 36.6 Å². The first-order valence-electron chi connectivity index (χ1n) is 6.79. The van der Waals surface area contributed by atoms with Gasteiger partial charge in [-0.3, -0.25) is 0 Å². The first-order valence-corrected chi connectivity index (χ1v) is 7.17. The van der Waals surface area contributed by atoms with Crippen molar-refractivity contribution in [3.8, 4) is 5.75 Å². The predicted molar refractivity (Wildman–Crippen MR) is 81.0 cm³/mol. The number of nitrogens with one attached hydrogen (secondary N) is 1. The first kappa shape index (κ1) is 14.9. The molecule has 0 bridgehead atoms. The average molecular weight is 294 g/mol. The van der Waals surface area contributed by atoms with E-state index in [-0.39, 0.29) is 0 Å². The molecule has 1 N–H and O–H groups in total. The van der Waals surface area contributed by atoms with Crippen molar-refractivity contribution in [2.45, 2.75) is 26.5 Å². The molecule has 0 atom stereocenters. The van der Waals surface area contributed by atoms with Crippen LogP contribution in [0, 0.1) is 0 Å². The molecule has 0 aliphatic heterocycles. The second kappa shape index (κ2) is 7.31. The third kappa shape index (κ3) is 3.74. The third-order valence-electron chi connectivity index (χ3n) is 3.06. The van der Waals surface area contributed by atoms with Gasteiger partial charge in [-0.15, -0.1) is 0 Å². The molecule has 0 saturated heterocycles. The normalized spacial score (nSPS) is 10.8. The summed E-state index contributed by atoms with van der Waals surface area (Å²) in [5, 5.41) is 4.00. The van der Waals surface area contributed by atoms with Gasteiger partial charge in [-0.25, -0.2) is 4.98 Å². The minimum atomic E-state index is 0.411. The lowest BCUT2D eigenvalue weighted by Crippen LogP contribution is -2.15. The van der Waals surface area contributed by atoms with E-state index in [1.807, 2.05) is 36.0 Å². The Morgan fingerprint density at radius 2 is 2.25 bits per heavy atom. The number of aromatic nitrogens is 2. The summed E-state index contributed by atoms with van der Waals surface area (Å²) in [7, 11) is 1.95. The molecule has 1 aromatic carbocycles. The van der Waals surface area contributed by atoms with Gasteiger partial charge < -0.3 is 14.6 Å². The zero-order valence-electron chi connectivity index (χ0n) is 11.9. The molecule has 0 spiro atoms. The fourth-order valence-corrected chi connectivity index (χ4v) is 2.18. The van der Waals surface area contributed by atoms with Crippen LogP contribution in [0.1, 0.15) is 24.7 Å². The van der Waals surface area contributed by atoms with Crippen LogP contribution < -0.4 is 10.1 Å². The van der Waals surface area contributed by atoms with Gasteiger partial charge in [0, 0.05) is 31.5 Å². The lowest BCUT2D eigenvalue weighted by molar-refractivity contribution is 0.288. The molecule has 0 radical (unpaired) electrons. The van der Waals surface area contributed by atoms with Crippen molar-refractivity contribution < 1.29 is 4.74 Å². The lowest BCUT2D eigenvalue weighted by atomic mass is 10.2. The highest BCUT2D eigenvalue weighted by Crippen LogP contribution is 2.29. The van der Waals surface area contributed by atoms with Crippen LogP contribution in [0.25, 0.3) is 0 Å². The van der Waals surface area contributed by atoms with Gasteiger partial charge in [-0.05, 0) is 19.0 Å². The zero-order chi connectivity index (χ0) is 14.4. The molecule has 2 aromatic rings. The number of aryl methyl sites for hydroxylation is 1. The molecule has 0 saturated carbocycles. The topological polar surface area (TPSA) is 39.1 Å². The van der Waals surface area contributed by atoms with E-state index in [4.69, 9.17) is 16.3 Å². The van der Waals surface area contributed by atoms with Crippen molar-refractivity contribution in [1.29, 1.82) is 0 Å². The van der Waals surface area contributed by atoms with E-state index in [0.29, 0.717) is 11.6 Å². The van der Waals surface area contributed by atoms with Crippen molar-refractivity contribution >= 4 is 11.6 Å². The Balaban J connectivity index is 2.07. The van der Waals surface area contributed by atoms with Crippen LogP contribution in [-0.4, -0.2) is 16.1 Å².